The summed E-state index contributed by atoms with van der Waals surface area (Å²) in [6, 6.07) is 11.9. The quantitative estimate of drug-likeness (QED) is 0.284. The number of nitro groups is 1. The summed E-state index contributed by atoms with van der Waals surface area (Å²) >= 11 is 4.92. The van der Waals surface area contributed by atoms with E-state index in [1.54, 1.807) is 23.1 Å². The molecule has 0 saturated carbocycles. The molecule has 3 rings (SSSR count). The molecule has 0 bridgehead atoms. The molecule has 0 aliphatic rings. The maximum absolute atomic E-state index is 12.9. The summed E-state index contributed by atoms with van der Waals surface area (Å²) in [5, 5.41) is 11.4. The van der Waals surface area contributed by atoms with E-state index in [0.29, 0.717) is 23.8 Å². The van der Waals surface area contributed by atoms with Crippen molar-refractivity contribution in [3.8, 4) is 0 Å². The number of halogens is 1. The lowest BCUT2D eigenvalue weighted by Gasteiger charge is -2.20. The molecule has 1 aromatic heterocycles. The SMILES string of the molecule is CN(C)CCN(C(=O)C=Cc1ccc([N+](=O)[O-])cc1)c1nc2ccc(Br)cc2s1. The Labute approximate surface area is 180 Å². The van der Waals surface area contributed by atoms with Gasteiger partial charge in [0, 0.05) is 35.8 Å². The molecule has 29 heavy (non-hydrogen) atoms. The zero-order valence-electron chi connectivity index (χ0n) is 15.9. The Kier molecular flexibility index (Phi) is 6.73. The van der Waals surface area contributed by atoms with Crippen molar-refractivity contribution in [1.29, 1.82) is 0 Å². The molecule has 0 fully saturated rings. The van der Waals surface area contributed by atoms with Gasteiger partial charge in [-0.25, -0.2) is 4.98 Å². The number of nitrogens with zero attached hydrogens (tertiary/aromatic N) is 4. The van der Waals surface area contributed by atoms with Gasteiger partial charge >= 0.3 is 0 Å². The molecule has 0 N–H and O–H groups in total. The van der Waals surface area contributed by atoms with Crippen molar-refractivity contribution >= 4 is 60.3 Å². The van der Waals surface area contributed by atoms with Crippen molar-refractivity contribution in [3.05, 3.63) is 68.7 Å². The van der Waals surface area contributed by atoms with Crippen LogP contribution < -0.4 is 4.90 Å². The molecule has 0 saturated heterocycles. The minimum absolute atomic E-state index is 0.0155. The molecule has 2 aromatic carbocycles. The van der Waals surface area contributed by atoms with Gasteiger partial charge in [0.25, 0.3) is 11.6 Å². The second-order valence-corrected chi connectivity index (χ2v) is 8.51. The number of fused-ring (bicyclic) bond motifs is 1. The zero-order valence-corrected chi connectivity index (χ0v) is 18.3. The van der Waals surface area contributed by atoms with E-state index >= 15 is 0 Å². The van der Waals surface area contributed by atoms with Gasteiger partial charge in [0.15, 0.2) is 5.13 Å². The van der Waals surface area contributed by atoms with Crippen molar-refractivity contribution in [1.82, 2.24) is 9.88 Å². The molecule has 9 heteroatoms. The van der Waals surface area contributed by atoms with Gasteiger partial charge in [0.05, 0.1) is 15.1 Å². The van der Waals surface area contributed by atoms with E-state index < -0.39 is 4.92 Å². The Balaban J connectivity index is 1.84. The summed E-state index contributed by atoms with van der Waals surface area (Å²) in [7, 11) is 3.90. The van der Waals surface area contributed by atoms with Crippen LogP contribution in [-0.2, 0) is 4.79 Å². The first-order valence-electron chi connectivity index (χ1n) is 8.78. The number of hydrogen-bond donors (Lipinski definition) is 0. The maximum Gasteiger partial charge on any atom is 0.269 e. The maximum atomic E-state index is 12.9. The number of carbonyl (C=O) groups is 1. The predicted molar refractivity (Wildman–Crippen MR) is 120 cm³/mol. The van der Waals surface area contributed by atoms with E-state index in [1.807, 2.05) is 37.2 Å². The fourth-order valence-electron chi connectivity index (χ4n) is 2.57. The Morgan fingerprint density at radius 2 is 1.93 bits per heavy atom. The van der Waals surface area contributed by atoms with E-state index in [1.165, 1.54) is 29.5 Å². The molecular formula is C20H19BrN4O3S. The number of thiazole rings is 1. The normalized spacial score (nSPS) is 11.4. The van der Waals surface area contributed by atoms with E-state index in [9.17, 15) is 14.9 Å². The second kappa shape index (κ2) is 9.25. The van der Waals surface area contributed by atoms with Crippen LogP contribution in [0.15, 0.2) is 53.0 Å². The summed E-state index contributed by atoms with van der Waals surface area (Å²) in [4.78, 5) is 31.5. The zero-order chi connectivity index (χ0) is 21.0. The lowest BCUT2D eigenvalue weighted by atomic mass is 10.2. The van der Waals surface area contributed by atoms with Gasteiger partial charge in [-0.3, -0.25) is 19.8 Å². The standard InChI is InChI=1S/C20H19BrN4O3S/c1-23(2)11-12-24(20-22-17-9-6-15(21)13-18(17)29-20)19(26)10-5-14-3-7-16(8-4-14)25(27)28/h3-10,13H,11-12H2,1-2H3. The highest BCUT2D eigenvalue weighted by atomic mass is 79.9. The van der Waals surface area contributed by atoms with Crippen LogP contribution in [0.1, 0.15) is 5.56 Å². The van der Waals surface area contributed by atoms with Crippen molar-refractivity contribution in [2.75, 3.05) is 32.1 Å². The summed E-state index contributed by atoms with van der Waals surface area (Å²) in [6.45, 7) is 1.19. The highest BCUT2D eigenvalue weighted by Gasteiger charge is 2.18. The first kappa shape index (κ1) is 21.1. The van der Waals surface area contributed by atoms with E-state index in [0.717, 1.165) is 14.7 Å². The third-order valence-electron chi connectivity index (χ3n) is 4.13. The Morgan fingerprint density at radius 3 is 2.59 bits per heavy atom. The first-order valence-corrected chi connectivity index (χ1v) is 10.4. The minimum atomic E-state index is -0.451. The number of amides is 1. The summed E-state index contributed by atoms with van der Waals surface area (Å²) < 4.78 is 1.96. The van der Waals surface area contributed by atoms with Crippen molar-refractivity contribution in [2.24, 2.45) is 0 Å². The predicted octanol–water partition coefficient (Wildman–Crippen LogP) is 4.58. The monoisotopic (exact) mass is 474 g/mol. The van der Waals surface area contributed by atoms with Crippen LogP contribution in [0, 0.1) is 10.1 Å². The summed E-state index contributed by atoms with van der Waals surface area (Å²) in [6.07, 6.45) is 3.12. The highest BCUT2D eigenvalue weighted by molar-refractivity contribution is 9.10. The molecule has 0 spiro atoms. The average Bonchev–Trinajstić information content (AvgIpc) is 3.09. The molecule has 0 aliphatic heterocycles. The molecule has 1 heterocycles. The molecule has 0 unspecified atom stereocenters. The number of nitro benzene ring substituents is 1. The first-order chi connectivity index (χ1) is 13.8. The molecule has 1 amide bonds. The second-order valence-electron chi connectivity index (χ2n) is 6.58. The number of carbonyl (C=O) groups excluding carboxylic acids is 1. The topological polar surface area (TPSA) is 79.6 Å². The number of benzene rings is 2. The van der Waals surface area contributed by atoms with Crippen LogP contribution >= 0.6 is 27.3 Å². The smallest absolute Gasteiger partial charge is 0.269 e. The third-order valence-corrected chi connectivity index (χ3v) is 5.66. The Morgan fingerprint density at radius 1 is 1.21 bits per heavy atom. The number of aromatic nitrogens is 1. The summed E-state index contributed by atoms with van der Waals surface area (Å²) in [5.41, 5.74) is 1.57. The van der Waals surface area contributed by atoms with Gasteiger partial charge in [-0.15, -0.1) is 0 Å². The fourth-order valence-corrected chi connectivity index (χ4v) is 4.12. The number of rotatable bonds is 7. The number of likely N-dealkylation sites (N-methyl/N-ethyl adjacent to an activating group) is 1. The van der Waals surface area contributed by atoms with Crippen molar-refractivity contribution in [2.45, 2.75) is 0 Å². The van der Waals surface area contributed by atoms with Crippen molar-refractivity contribution < 1.29 is 9.72 Å². The van der Waals surface area contributed by atoms with Crippen LogP contribution in [0.2, 0.25) is 0 Å². The van der Waals surface area contributed by atoms with Gasteiger partial charge in [-0.2, -0.15) is 0 Å². The lowest BCUT2D eigenvalue weighted by molar-refractivity contribution is -0.384. The van der Waals surface area contributed by atoms with Crippen LogP contribution in [-0.4, -0.2) is 47.9 Å². The van der Waals surface area contributed by atoms with Gasteiger partial charge in [-0.1, -0.05) is 27.3 Å². The fraction of sp³-hybridized carbons (Fsp3) is 0.200. The van der Waals surface area contributed by atoms with Gasteiger partial charge in [0.1, 0.15) is 0 Å². The molecular weight excluding hydrogens is 456 g/mol. The van der Waals surface area contributed by atoms with Gasteiger partial charge in [-0.05, 0) is 56.1 Å². The molecule has 0 aliphatic carbocycles. The van der Waals surface area contributed by atoms with Crippen molar-refractivity contribution in [3.63, 3.8) is 0 Å². The molecule has 150 valence electrons. The number of non-ortho nitro benzene ring substituents is 1. The van der Waals surface area contributed by atoms with Crippen LogP contribution in [0.3, 0.4) is 0 Å². The summed E-state index contributed by atoms with van der Waals surface area (Å²) in [5.74, 6) is -0.191. The Bertz CT molecular complexity index is 1060. The van der Waals surface area contributed by atoms with Gasteiger partial charge < -0.3 is 4.90 Å². The van der Waals surface area contributed by atoms with Gasteiger partial charge in [0.2, 0.25) is 0 Å². The van der Waals surface area contributed by atoms with Crippen LogP contribution in [0.5, 0.6) is 0 Å². The van der Waals surface area contributed by atoms with Crippen LogP contribution in [0.4, 0.5) is 10.8 Å². The highest BCUT2D eigenvalue weighted by Crippen LogP contribution is 2.31. The van der Waals surface area contributed by atoms with Crippen LogP contribution in [0.25, 0.3) is 16.3 Å². The lowest BCUT2D eigenvalue weighted by Crippen LogP contribution is -2.35. The largest absolute Gasteiger partial charge is 0.308 e. The molecule has 0 atom stereocenters. The molecule has 7 nitrogen and oxygen atoms in total. The Hall–Kier alpha value is -2.62. The van der Waals surface area contributed by atoms with E-state index in [2.05, 4.69) is 20.9 Å². The molecule has 3 aromatic rings. The van der Waals surface area contributed by atoms with E-state index in [4.69, 9.17) is 0 Å². The minimum Gasteiger partial charge on any atom is -0.308 e. The average molecular weight is 475 g/mol. The van der Waals surface area contributed by atoms with E-state index in [-0.39, 0.29) is 11.6 Å². The molecule has 0 radical (unpaired) electrons. The number of anilines is 1. The third kappa shape index (κ3) is 5.47. The number of hydrogen-bond acceptors (Lipinski definition) is 6.